The van der Waals surface area contributed by atoms with E-state index in [4.69, 9.17) is 12.3 Å². The number of nitrogens with two attached hydrogens (primary N) is 1. The number of carbonyl (C=O) groups excluding carboxylic acids is 2. The van der Waals surface area contributed by atoms with E-state index in [9.17, 15) is 9.59 Å². The molecule has 3 rings (SSSR count). The molecule has 6 nitrogen and oxygen atoms in total. The maximum absolute atomic E-state index is 12.6. The summed E-state index contributed by atoms with van der Waals surface area (Å²) in [5.74, 6) is -0.565. The molecule has 6 heteroatoms. The Kier molecular flexibility index (Phi) is 3.06. The van der Waals surface area contributed by atoms with Gasteiger partial charge in [-0.25, -0.2) is 4.85 Å². The topological polar surface area (TPSA) is 82.3 Å². The van der Waals surface area contributed by atoms with Crippen molar-refractivity contribution in [1.82, 2.24) is 9.78 Å². The zero-order valence-electron chi connectivity index (χ0n) is 13.8. The van der Waals surface area contributed by atoms with Crippen molar-refractivity contribution in [3.05, 3.63) is 40.1 Å². The van der Waals surface area contributed by atoms with Gasteiger partial charge in [0.15, 0.2) is 5.78 Å². The summed E-state index contributed by atoms with van der Waals surface area (Å²) >= 11 is 0. The Morgan fingerprint density at radius 1 is 1.48 bits per heavy atom. The molecule has 0 unspecified atom stereocenters. The first-order chi connectivity index (χ1) is 10.6. The van der Waals surface area contributed by atoms with Crippen LogP contribution in [-0.2, 0) is 23.7 Å². The van der Waals surface area contributed by atoms with E-state index in [-0.39, 0.29) is 17.4 Å². The van der Waals surface area contributed by atoms with Crippen LogP contribution in [0.4, 0.5) is 0 Å². The van der Waals surface area contributed by atoms with Crippen molar-refractivity contribution >= 4 is 11.7 Å². The lowest BCUT2D eigenvalue weighted by atomic mass is 9.53. The third-order valence-electron chi connectivity index (χ3n) is 5.54. The maximum atomic E-state index is 12.6. The minimum Gasteiger partial charge on any atom is -0.364 e. The second-order valence-electron chi connectivity index (χ2n) is 7.23. The van der Waals surface area contributed by atoms with Gasteiger partial charge < -0.3 is 10.5 Å². The number of hydrogen-bond donors (Lipinski definition) is 1. The quantitative estimate of drug-likeness (QED) is 0.802. The average Bonchev–Trinajstić information content (AvgIpc) is 2.80. The molecule has 0 fully saturated rings. The molecule has 0 bridgehead atoms. The molecular formula is C17H20N4O2. The van der Waals surface area contributed by atoms with Crippen LogP contribution < -0.4 is 5.73 Å². The van der Waals surface area contributed by atoms with Gasteiger partial charge in [0.05, 0.1) is 12.3 Å². The number of fused-ring (bicyclic) bond motifs is 3. The molecule has 2 aliphatic carbocycles. The number of primary amides is 1. The van der Waals surface area contributed by atoms with E-state index in [2.05, 4.69) is 9.94 Å². The molecule has 2 aliphatic rings. The smallest absolute Gasteiger partial charge is 0.267 e. The SMILES string of the molecule is [C-]#[N+]C1=C[C@]2(C)c3nn(C)c(C(N)=O)c3CC[C@H]2C(C)(C)C1=O. The van der Waals surface area contributed by atoms with E-state index in [1.807, 2.05) is 20.8 Å². The fraction of sp³-hybridized carbons (Fsp3) is 0.529. The molecule has 23 heavy (non-hydrogen) atoms. The predicted molar refractivity (Wildman–Crippen MR) is 84.4 cm³/mol. The van der Waals surface area contributed by atoms with Crippen LogP contribution >= 0.6 is 0 Å². The summed E-state index contributed by atoms with van der Waals surface area (Å²) in [5.41, 5.74) is 6.53. The summed E-state index contributed by atoms with van der Waals surface area (Å²) < 4.78 is 1.52. The summed E-state index contributed by atoms with van der Waals surface area (Å²) in [4.78, 5) is 27.8. The van der Waals surface area contributed by atoms with Gasteiger partial charge in [0.2, 0.25) is 5.70 Å². The molecule has 0 saturated carbocycles. The summed E-state index contributed by atoms with van der Waals surface area (Å²) in [5, 5.41) is 4.54. The minimum atomic E-state index is -0.633. The number of allylic oxidation sites excluding steroid dienone is 2. The summed E-state index contributed by atoms with van der Waals surface area (Å²) in [7, 11) is 1.70. The van der Waals surface area contributed by atoms with Gasteiger partial charge >= 0.3 is 0 Å². The van der Waals surface area contributed by atoms with Crippen LogP contribution in [0.25, 0.3) is 4.85 Å². The zero-order chi connectivity index (χ0) is 17.2. The highest BCUT2D eigenvalue weighted by molar-refractivity contribution is 6.03. The number of hydrogen-bond acceptors (Lipinski definition) is 3. The van der Waals surface area contributed by atoms with Crippen molar-refractivity contribution in [1.29, 1.82) is 0 Å². The molecule has 0 saturated heterocycles. The highest BCUT2D eigenvalue weighted by Gasteiger charge is 2.55. The lowest BCUT2D eigenvalue weighted by Crippen LogP contribution is -2.51. The Bertz CT molecular complexity index is 809. The molecule has 120 valence electrons. The Morgan fingerprint density at radius 3 is 2.70 bits per heavy atom. The van der Waals surface area contributed by atoms with Crippen LogP contribution in [0.15, 0.2) is 11.8 Å². The number of carbonyl (C=O) groups is 2. The van der Waals surface area contributed by atoms with Gasteiger partial charge in [-0.05, 0) is 18.8 Å². The van der Waals surface area contributed by atoms with Gasteiger partial charge in [-0.2, -0.15) is 5.10 Å². The first-order valence-corrected chi connectivity index (χ1v) is 7.66. The Hall–Kier alpha value is -2.42. The van der Waals surface area contributed by atoms with E-state index in [1.54, 1.807) is 13.1 Å². The molecule has 1 aromatic heterocycles. The molecule has 1 amide bonds. The number of ketones is 1. The monoisotopic (exact) mass is 312 g/mol. The molecular weight excluding hydrogens is 292 g/mol. The van der Waals surface area contributed by atoms with Crippen LogP contribution in [-0.4, -0.2) is 21.5 Å². The van der Waals surface area contributed by atoms with Gasteiger partial charge in [-0.1, -0.05) is 26.8 Å². The van der Waals surface area contributed by atoms with Crippen LogP contribution in [0.2, 0.25) is 0 Å². The highest BCUT2D eigenvalue weighted by atomic mass is 16.1. The van der Waals surface area contributed by atoms with E-state index in [0.29, 0.717) is 12.1 Å². The zero-order valence-corrected chi connectivity index (χ0v) is 13.8. The van der Waals surface area contributed by atoms with E-state index in [1.165, 1.54) is 4.68 Å². The number of amides is 1. The van der Waals surface area contributed by atoms with Crippen LogP contribution in [0, 0.1) is 17.9 Å². The standard InChI is InChI=1S/C17H20N4O2/c1-16(2)11-7-6-9-12(15(18)23)21(5)20-13(9)17(11,3)8-10(19-4)14(16)22/h8,11H,6-7H2,1-3,5H3,(H2,18,23)/t11-,17-/m0/s1. The Labute approximate surface area is 135 Å². The highest BCUT2D eigenvalue weighted by Crippen LogP contribution is 2.54. The molecule has 0 radical (unpaired) electrons. The van der Waals surface area contributed by atoms with Gasteiger partial charge in [0.1, 0.15) is 5.69 Å². The third-order valence-corrected chi connectivity index (χ3v) is 5.54. The molecule has 2 N–H and O–H groups in total. The number of nitrogens with zero attached hydrogens (tertiary/aromatic N) is 3. The third kappa shape index (κ3) is 1.83. The average molecular weight is 312 g/mol. The minimum absolute atomic E-state index is 0.0381. The van der Waals surface area contributed by atoms with Crippen LogP contribution in [0.1, 0.15) is 48.9 Å². The van der Waals surface area contributed by atoms with Crippen molar-refractivity contribution < 1.29 is 9.59 Å². The Balaban J connectivity index is 2.31. The normalized spacial score (nSPS) is 28.4. The fourth-order valence-electron chi connectivity index (χ4n) is 4.50. The van der Waals surface area contributed by atoms with Gasteiger partial charge in [0.25, 0.3) is 5.91 Å². The summed E-state index contributed by atoms with van der Waals surface area (Å²) in [6.07, 6.45) is 3.17. The molecule has 0 spiro atoms. The number of rotatable bonds is 1. The molecule has 1 heterocycles. The van der Waals surface area contributed by atoms with Crippen LogP contribution in [0.5, 0.6) is 0 Å². The fourth-order valence-corrected chi connectivity index (χ4v) is 4.50. The molecule has 0 aliphatic heterocycles. The molecule has 1 aromatic rings. The lowest BCUT2D eigenvalue weighted by Gasteiger charge is -2.49. The van der Waals surface area contributed by atoms with E-state index < -0.39 is 16.7 Å². The first kappa shape index (κ1) is 15.5. The number of Topliss-reactive ketones (excluding diaryl/α,β-unsaturated/α-hetero) is 1. The second-order valence-corrected chi connectivity index (χ2v) is 7.23. The van der Waals surface area contributed by atoms with Crippen LogP contribution in [0.3, 0.4) is 0 Å². The first-order valence-electron chi connectivity index (χ1n) is 7.66. The lowest BCUT2D eigenvalue weighted by molar-refractivity contribution is -0.128. The van der Waals surface area contributed by atoms with E-state index >= 15 is 0 Å². The predicted octanol–water partition coefficient (Wildman–Crippen LogP) is 1.75. The van der Waals surface area contributed by atoms with Gasteiger partial charge in [-0.15, -0.1) is 0 Å². The van der Waals surface area contributed by atoms with E-state index in [0.717, 1.165) is 17.7 Å². The van der Waals surface area contributed by atoms with Gasteiger partial charge in [-0.3, -0.25) is 9.48 Å². The van der Waals surface area contributed by atoms with Gasteiger partial charge in [0, 0.05) is 23.4 Å². The number of aromatic nitrogens is 2. The number of aryl methyl sites for hydroxylation is 1. The van der Waals surface area contributed by atoms with Crippen molar-refractivity contribution in [3.8, 4) is 0 Å². The Morgan fingerprint density at radius 2 is 2.13 bits per heavy atom. The summed E-state index contributed by atoms with van der Waals surface area (Å²) in [6.45, 7) is 13.1. The van der Waals surface area contributed by atoms with Crippen molar-refractivity contribution in [2.24, 2.45) is 24.1 Å². The second kappa shape index (κ2) is 4.54. The molecule has 0 aromatic carbocycles. The van der Waals surface area contributed by atoms with Crippen molar-refractivity contribution in [2.45, 2.75) is 39.0 Å². The maximum Gasteiger partial charge on any atom is 0.267 e. The largest absolute Gasteiger partial charge is 0.364 e. The summed E-state index contributed by atoms with van der Waals surface area (Å²) in [6, 6.07) is 0. The van der Waals surface area contributed by atoms with Crippen molar-refractivity contribution in [2.75, 3.05) is 0 Å². The van der Waals surface area contributed by atoms with Crippen molar-refractivity contribution in [3.63, 3.8) is 0 Å². The molecule has 2 atom stereocenters.